The molecule has 0 unspecified atom stereocenters. The third-order valence-corrected chi connectivity index (χ3v) is 4.75. The Kier molecular flexibility index (Phi) is 8.73. The lowest BCUT2D eigenvalue weighted by Crippen LogP contribution is -2.50. The molecule has 1 fully saturated rings. The van der Waals surface area contributed by atoms with Crippen molar-refractivity contribution in [1.82, 2.24) is 10.2 Å². The van der Waals surface area contributed by atoms with Crippen molar-refractivity contribution < 1.29 is 42.6 Å². The van der Waals surface area contributed by atoms with Crippen LogP contribution in [-0.2, 0) is 33.5 Å². The highest BCUT2D eigenvalue weighted by molar-refractivity contribution is 9.10. The zero-order valence-electron chi connectivity index (χ0n) is 16.6. The van der Waals surface area contributed by atoms with E-state index in [2.05, 4.69) is 40.7 Å². The standard InChI is InChI=1S/C18H19BrFN3O8/c1-28-15(25)14(24)21-18(22-31-17(27)16(26)29-2)23-7-5-11(6-8-23)30-13-9-10(20)3-4-12(13)19/h3-4,9,11H,5-8H2,1-2H3,(H,21,22,24). The smallest absolute Gasteiger partial charge is 0.443 e. The average molecular weight is 504 g/mol. The maximum absolute atomic E-state index is 13.4. The molecule has 1 aromatic carbocycles. The van der Waals surface area contributed by atoms with Gasteiger partial charge in [0.15, 0.2) is 0 Å². The predicted octanol–water partition coefficient (Wildman–Crippen LogP) is 0.708. The van der Waals surface area contributed by atoms with Crippen LogP contribution in [0.4, 0.5) is 4.39 Å². The first kappa shape index (κ1) is 24.1. The van der Waals surface area contributed by atoms with Gasteiger partial charge in [-0.25, -0.2) is 18.8 Å². The first-order valence-electron chi connectivity index (χ1n) is 8.88. The minimum absolute atomic E-state index is 0.271. The fourth-order valence-corrected chi connectivity index (χ4v) is 2.88. The van der Waals surface area contributed by atoms with Crippen LogP contribution in [0.25, 0.3) is 0 Å². The van der Waals surface area contributed by atoms with Crippen molar-refractivity contribution in [3.63, 3.8) is 0 Å². The van der Waals surface area contributed by atoms with Crippen LogP contribution in [0.5, 0.6) is 5.75 Å². The summed E-state index contributed by atoms with van der Waals surface area (Å²) in [5.74, 6) is -5.44. The number of hydrogen-bond acceptors (Lipinski definition) is 9. The number of halogens is 2. The van der Waals surface area contributed by atoms with Gasteiger partial charge >= 0.3 is 23.8 Å². The predicted molar refractivity (Wildman–Crippen MR) is 105 cm³/mol. The number of ether oxygens (including phenoxy) is 3. The number of esters is 2. The number of oxime groups is 1. The Morgan fingerprint density at radius 1 is 1.10 bits per heavy atom. The van der Waals surface area contributed by atoms with E-state index >= 15 is 0 Å². The molecule has 0 aliphatic carbocycles. The molecule has 1 amide bonds. The molecule has 13 heteroatoms. The summed E-state index contributed by atoms with van der Waals surface area (Å²) in [7, 11) is 2.00. The first-order chi connectivity index (χ1) is 14.7. The molecule has 0 saturated carbocycles. The number of carbonyl (C=O) groups is 4. The van der Waals surface area contributed by atoms with Crippen LogP contribution in [0.1, 0.15) is 12.8 Å². The van der Waals surface area contributed by atoms with Crippen LogP contribution in [0.15, 0.2) is 27.8 Å². The zero-order chi connectivity index (χ0) is 23.0. The first-order valence-corrected chi connectivity index (χ1v) is 9.67. The summed E-state index contributed by atoms with van der Waals surface area (Å²) in [5, 5.41) is 5.63. The fourth-order valence-electron chi connectivity index (χ4n) is 2.54. The number of amides is 1. The molecule has 0 spiro atoms. The summed E-state index contributed by atoms with van der Waals surface area (Å²) in [5.41, 5.74) is 0. The number of nitrogens with zero attached hydrogens (tertiary/aromatic N) is 2. The van der Waals surface area contributed by atoms with Gasteiger partial charge in [-0.1, -0.05) is 0 Å². The van der Waals surface area contributed by atoms with Crippen molar-refractivity contribution in [2.75, 3.05) is 27.3 Å². The zero-order valence-corrected chi connectivity index (χ0v) is 18.1. The van der Waals surface area contributed by atoms with E-state index in [1.54, 1.807) is 0 Å². The Hall–Kier alpha value is -3.22. The lowest BCUT2D eigenvalue weighted by atomic mass is 10.1. The van der Waals surface area contributed by atoms with E-state index in [1.165, 1.54) is 23.1 Å². The van der Waals surface area contributed by atoms with E-state index in [4.69, 9.17) is 4.74 Å². The number of guanidine groups is 1. The van der Waals surface area contributed by atoms with Crippen molar-refractivity contribution >= 4 is 45.7 Å². The molecular weight excluding hydrogens is 485 g/mol. The van der Waals surface area contributed by atoms with Crippen molar-refractivity contribution in [2.24, 2.45) is 5.16 Å². The lowest BCUT2D eigenvalue weighted by molar-refractivity contribution is -0.166. The van der Waals surface area contributed by atoms with E-state index in [0.717, 1.165) is 14.2 Å². The summed E-state index contributed by atoms with van der Waals surface area (Å²) in [6.07, 6.45) is 0.590. The quantitative estimate of drug-likeness (QED) is 0.158. The Bertz CT molecular complexity index is 887. The number of methoxy groups -OCH3 is 2. The SMILES string of the molecule is COC(=O)C(=O)N/C(=N\OC(=O)C(=O)OC)N1CCC(Oc2cc(F)ccc2Br)CC1. The van der Waals surface area contributed by atoms with Gasteiger partial charge in [-0.05, 0) is 33.2 Å². The maximum atomic E-state index is 13.4. The van der Waals surface area contributed by atoms with Gasteiger partial charge in [-0.2, -0.15) is 0 Å². The normalized spacial score (nSPS) is 14.5. The van der Waals surface area contributed by atoms with Crippen molar-refractivity contribution in [1.29, 1.82) is 0 Å². The van der Waals surface area contributed by atoms with Crippen LogP contribution in [0.3, 0.4) is 0 Å². The maximum Gasteiger partial charge on any atom is 0.443 e. The molecule has 1 aliphatic rings. The van der Waals surface area contributed by atoms with E-state index in [-0.39, 0.29) is 25.2 Å². The molecular formula is C18H19BrFN3O8. The van der Waals surface area contributed by atoms with E-state index in [0.29, 0.717) is 23.1 Å². The molecule has 2 rings (SSSR count). The van der Waals surface area contributed by atoms with Gasteiger partial charge in [-0.15, -0.1) is 0 Å². The summed E-state index contributed by atoms with van der Waals surface area (Å²) in [4.78, 5) is 51.8. The Morgan fingerprint density at radius 2 is 1.74 bits per heavy atom. The van der Waals surface area contributed by atoms with Gasteiger partial charge in [-0.3, -0.25) is 10.1 Å². The van der Waals surface area contributed by atoms with E-state index < -0.39 is 29.6 Å². The number of carbonyl (C=O) groups excluding carboxylic acids is 4. The average Bonchev–Trinajstić information content (AvgIpc) is 2.78. The largest absolute Gasteiger partial charge is 0.489 e. The van der Waals surface area contributed by atoms with Crippen LogP contribution in [0.2, 0.25) is 0 Å². The molecule has 0 atom stereocenters. The minimum atomic E-state index is -1.42. The minimum Gasteiger partial charge on any atom is -0.489 e. The van der Waals surface area contributed by atoms with Gasteiger partial charge in [0.05, 0.1) is 18.7 Å². The topological polar surface area (TPSA) is 133 Å². The van der Waals surface area contributed by atoms with Crippen LogP contribution < -0.4 is 10.1 Å². The molecule has 1 heterocycles. The van der Waals surface area contributed by atoms with Crippen LogP contribution >= 0.6 is 15.9 Å². The lowest BCUT2D eigenvalue weighted by Gasteiger charge is -2.33. The number of benzene rings is 1. The van der Waals surface area contributed by atoms with Gasteiger partial charge in [0, 0.05) is 32.0 Å². The second-order valence-corrected chi connectivity index (χ2v) is 6.96. The van der Waals surface area contributed by atoms with Gasteiger partial charge in [0.2, 0.25) is 5.96 Å². The van der Waals surface area contributed by atoms with E-state index in [1.807, 2.05) is 0 Å². The molecule has 168 valence electrons. The van der Waals surface area contributed by atoms with Crippen LogP contribution in [0, 0.1) is 5.82 Å². The molecule has 0 aromatic heterocycles. The fraction of sp³-hybridized carbons (Fsp3) is 0.389. The summed E-state index contributed by atoms with van der Waals surface area (Å²) in [6.45, 7) is 0.543. The molecule has 1 aromatic rings. The molecule has 1 N–H and O–H groups in total. The molecule has 1 saturated heterocycles. The number of nitrogens with one attached hydrogen (secondary N) is 1. The summed E-state index contributed by atoms with van der Waals surface area (Å²) in [6, 6.07) is 4.08. The molecule has 1 aliphatic heterocycles. The van der Waals surface area contributed by atoms with Crippen molar-refractivity contribution in [3.05, 3.63) is 28.5 Å². The highest BCUT2D eigenvalue weighted by Crippen LogP contribution is 2.28. The summed E-state index contributed by atoms with van der Waals surface area (Å²) >= 11 is 3.29. The second-order valence-electron chi connectivity index (χ2n) is 6.11. The Balaban J connectivity index is 2.06. The van der Waals surface area contributed by atoms with Crippen LogP contribution in [-0.4, -0.2) is 68.1 Å². The number of piperidine rings is 1. The third-order valence-electron chi connectivity index (χ3n) is 4.09. The highest BCUT2D eigenvalue weighted by atomic mass is 79.9. The van der Waals surface area contributed by atoms with Gasteiger partial charge in [0.25, 0.3) is 0 Å². The van der Waals surface area contributed by atoms with E-state index in [9.17, 15) is 23.6 Å². The Morgan fingerprint density at radius 3 is 2.35 bits per heavy atom. The number of hydrogen-bond donors (Lipinski definition) is 1. The third kappa shape index (κ3) is 6.91. The summed E-state index contributed by atoms with van der Waals surface area (Å²) < 4.78 is 28.4. The van der Waals surface area contributed by atoms with Gasteiger partial charge in [0.1, 0.15) is 17.7 Å². The number of likely N-dealkylation sites (tertiary alicyclic amines) is 1. The van der Waals surface area contributed by atoms with Crippen molar-refractivity contribution in [2.45, 2.75) is 18.9 Å². The molecule has 0 radical (unpaired) electrons. The monoisotopic (exact) mass is 503 g/mol. The molecule has 0 bridgehead atoms. The molecule has 31 heavy (non-hydrogen) atoms. The van der Waals surface area contributed by atoms with Gasteiger partial charge < -0.3 is 23.9 Å². The second kappa shape index (κ2) is 11.2. The Labute approximate surface area is 184 Å². The highest BCUT2D eigenvalue weighted by Gasteiger charge is 2.27. The van der Waals surface area contributed by atoms with Crippen molar-refractivity contribution in [3.8, 4) is 5.75 Å². The molecule has 11 nitrogen and oxygen atoms in total. The number of rotatable bonds is 3.